The topological polar surface area (TPSA) is 76.1 Å². The predicted molar refractivity (Wildman–Crippen MR) is 118 cm³/mol. The Bertz CT molecular complexity index is 1020. The van der Waals surface area contributed by atoms with Crippen LogP contribution in [0.1, 0.15) is 11.1 Å². The Hall–Kier alpha value is -3.80. The van der Waals surface area contributed by atoms with Crippen LogP contribution in [-0.2, 0) is 16.0 Å². The highest BCUT2D eigenvalue weighted by atomic mass is 16.5. The molecule has 1 N–H and O–H groups in total. The van der Waals surface area contributed by atoms with Crippen molar-refractivity contribution in [2.75, 3.05) is 19.7 Å². The van der Waals surface area contributed by atoms with E-state index < -0.39 is 11.9 Å². The van der Waals surface area contributed by atoms with Crippen LogP contribution in [0.3, 0.4) is 0 Å². The number of carboxylic acid groups (broad SMARTS) is 1. The van der Waals surface area contributed by atoms with Crippen LogP contribution in [0.25, 0.3) is 0 Å². The standard InChI is InChI=1S/C25H25NO5/c1-19-8-7-9-20(16-19)14-15-26(17-25(28)29)24(27)18-30-22-12-5-6-13-23(22)31-21-10-3-2-4-11-21/h2-13,16H,14-15,17-18H2,1H3,(H,28,29). The zero-order valence-corrected chi connectivity index (χ0v) is 17.4. The summed E-state index contributed by atoms with van der Waals surface area (Å²) in [5.74, 6) is 0.0743. The first-order chi connectivity index (χ1) is 15.0. The van der Waals surface area contributed by atoms with Gasteiger partial charge in [0.2, 0.25) is 0 Å². The minimum Gasteiger partial charge on any atom is -0.480 e. The summed E-state index contributed by atoms with van der Waals surface area (Å²) in [6.07, 6.45) is 0.564. The van der Waals surface area contributed by atoms with E-state index in [-0.39, 0.29) is 13.2 Å². The van der Waals surface area contributed by atoms with Crippen molar-refractivity contribution in [2.24, 2.45) is 0 Å². The molecule has 1 amide bonds. The maximum Gasteiger partial charge on any atom is 0.323 e. The lowest BCUT2D eigenvalue weighted by Crippen LogP contribution is -2.40. The molecule has 6 nitrogen and oxygen atoms in total. The van der Waals surface area contributed by atoms with E-state index in [2.05, 4.69) is 0 Å². The molecule has 0 saturated heterocycles. The maximum absolute atomic E-state index is 12.7. The number of carbonyl (C=O) groups excluding carboxylic acids is 1. The van der Waals surface area contributed by atoms with Gasteiger partial charge in [-0.25, -0.2) is 0 Å². The van der Waals surface area contributed by atoms with Crippen molar-refractivity contribution in [2.45, 2.75) is 13.3 Å². The molecular weight excluding hydrogens is 394 g/mol. The van der Waals surface area contributed by atoms with Gasteiger partial charge < -0.3 is 19.5 Å². The smallest absolute Gasteiger partial charge is 0.323 e. The minimum atomic E-state index is -1.06. The number of hydrogen-bond donors (Lipinski definition) is 1. The molecular formula is C25H25NO5. The average Bonchev–Trinajstić information content (AvgIpc) is 2.76. The van der Waals surface area contributed by atoms with Crippen LogP contribution >= 0.6 is 0 Å². The molecule has 0 spiro atoms. The van der Waals surface area contributed by atoms with E-state index in [4.69, 9.17) is 9.47 Å². The van der Waals surface area contributed by atoms with Crippen molar-refractivity contribution in [3.63, 3.8) is 0 Å². The van der Waals surface area contributed by atoms with E-state index in [0.717, 1.165) is 11.1 Å². The van der Waals surface area contributed by atoms with Crippen LogP contribution in [0, 0.1) is 6.92 Å². The summed E-state index contributed by atoms with van der Waals surface area (Å²) in [4.78, 5) is 25.3. The van der Waals surface area contributed by atoms with Crippen LogP contribution in [-0.4, -0.2) is 41.6 Å². The SMILES string of the molecule is Cc1cccc(CCN(CC(=O)O)C(=O)COc2ccccc2Oc2ccccc2)c1. The zero-order valence-electron chi connectivity index (χ0n) is 17.4. The van der Waals surface area contributed by atoms with Gasteiger partial charge in [0, 0.05) is 6.54 Å². The Morgan fingerprint density at radius 3 is 2.32 bits per heavy atom. The number of hydrogen-bond acceptors (Lipinski definition) is 4. The second-order valence-electron chi connectivity index (χ2n) is 7.10. The molecule has 0 radical (unpaired) electrons. The summed E-state index contributed by atoms with van der Waals surface area (Å²) in [5.41, 5.74) is 2.16. The van der Waals surface area contributed by atoms with Crippen molar-refractivity contribution >= 4 is 11.9 Å². The molecule has 3 aromatic carbocycles. The Kier molecular flexibility index (Phi) is 7.65. The van der Waals surface area contributed by atoms with Gasteiger partial charge in [-0.05, 0) is 43.2 Å². The second-order valence-corrected chi connectivity index (χ2v) is 7.10. The monoisotopic (exact) mass is 419 g/mol. The minimum absolute atomic E-state index is 0.281. The summed E-state index contributed by atoms with van der Waals surface area (Å²) in [7, 11) is 0. The molecule has 0 aliphatic rings. The van der Waals surface area contributed by atoms with Gasteiger partial charge in [-0.15, -0.1) is 0 Å². The van der Waals surface area contributed by atoms with Crippen molar-refractivity contribution in [1.29, 1.82) is 0 Å². The Balaban J connectivity index is 1.63. The van der Waals surface area contributed by atoms with Gasteiger partial charge in [-0.2, -0.15) is 0 Å². The van der Waals surface area contributed by atoms with E-state index in [9.17, 15) is 14.7 Å². The lowest BCUT2D eigenvalue weighted by Gasteiger charge is -2.21. The van der Waals surface area contributed by atoms with E-state index in [1.165, 1.54) is 4.90 Å². The molecule has 0 aliphatic heterocycles. The second kappa shape index (κ2) is 10.8. The van der Waals surface area contributed by atoms with E-state index >= 15 is 0 Å². The van der Waals surface area contributed by atoms with Gasteiger partial charge >= 0.3 is 5.97 Å². The molecule has 0 aromatic heterocycles. The molecule has 0 aliphatic carbocycles. The third-order valence-corrected chi connectivity index (χ3v) is 4.60. The van der Waals surface area contributed by atoms with Crippen LogP contribution < -0.4 is 9.47 Å². The van der Waals surface area contributed by atoms with E-state index in [0.29, 0.717) is 30.2 Å². The fraction of sp³-hybridized carbons (Fsp3) is 0.200. The molecule has 3 aromatic rings. The highest BCUT2D eigenvalue weighted by molar-refractivity contribution is 5.82. The van der Waals surface area contributed by atoms with E-state index in [1.54, 1.807) is 18.2 Å². The largest absolute Gasteiger partial charge is 0.480 e. The number of carbonyl (C=O) groups is 2. The summed E-state index contributed by atoms with van der Waals surface area (Å²) in [5, 5.41) is 9.21. The first-order valence-electron chi connectivity index (χ1n) is 10.0. The fourth-order valence-corrected chi connectivity index (χ4v) is 3.09. The van der Waals surface area contributed by atoms with Crippen molar-refractivity contribution in [3.05, 3.63) is 90.0 Å². The molecule has 31 heavy (non-hydrogen) atoms. The number of rotatable bonds is 10. The van der Waals surface area contributed by atoms with Gasteiger partial charge in [0.25, 0.3) is 5.91 Å². The number of ether oxygens (including phenoxy) is 2. The third-order valence-electron chi connectivity index (χ3n) is 4.60. The molecule has 3 rings (SSSR count). The Morgan fingerprint density at radius 2 is 1.61 bits per heavy atom. The lowest BCUT2D eigenvalue weighted by atomic mass is 10.1. The molecule has 0 fully saturated rings. The van der Waals surface area contributed by atoms with Crippen LogP contribution in [0.2, 0.25) is 0 Å². The van der Waals surface area contributed by atoms with Gasteiger partial charge in [-0.1, -0.05) is 60.2 Å². The number of aliphatic carboxylic acids is 1. The molecule has 0 atom stereocenters. The Labute approximate surface area is 181 Å². The van der Waals surface area contributed by atoms with Gasteiger partial charge in [0.15, 0.2) is 18.1 Å². The summed E-state index contributed by atoms with van der Waals surface area (Å²) in [6.45, 7) is 1.62. The van der Waals surface area contributed by atoms with Crippen LogP contribution in [0.5, 0.6) is 17.2 Å². The number of para-hydroxylation sites is 3. The van der Waals surface area contributed by atoms with Gasteiger partial charge in [-0.3, -0.25) is 9.59 Å². The summed E-state index contributed by atoms with van der Waals surface area (Å²) < 4.78 is 11.5. The molecule has 0 saturated carbocycles. The van der Waals surface area contributed by atoms with E-state index in [1.807, 2.05) is 67.6 Å². The van der Waals surface area contributed by atoms with Crippen molar-refractivity contribution in [3.8, 4) is 17.2 Å². The summed E-state index contributed by atoms with van der Waals surface area (Å²) in [6, 6.07) is 24.2. The first-order valence-corrected chi connectivity index (χ1v) is 10.0. The van der Waals surface area contributed by atoms with Gasteiger partial charge in [0.05, 0.1) is 0 Å². The number of amides is 1. The van der Waals surface area contributed by atoms with Crippen LogP contribution in [0.15, 0.2) is 78.9 Å². The maximum atomic E-state index is 12.7. The highest BCUT2D eigenvalue weighted by Gasteiger charge is 2.18. The van der Waals surface area contributed by atoms with Crippen LogP contribution in [0.4, 0.5) is 0 Å². The molecule has 0 unspecified atom stereocenters. The number of nitrogens with zero attached hydrogens (tertiary/aromatic N) is 1. The predicted octanol–water partition coefficient (Wildman–Crippen LogP) is 4.32. The number of carboxylic acids is 1. The number of benzene rings is 3. The Morgan fingerprint density at radius 1 is 0.903 bits per heavy atom. The normalized spacial score (nSPS) is 10.4. The molecule has 6 heteroatoms. The van der Waals surface area contributed by atoms with Crippen molar-refractivity contribution < 1.29 is 24.2 Å². The van der Waals surface area contributed by atoms with Crippen molar-refractivity contribution in [1.82, 2.24) is 4.90 Å². The molecule has 160 valence electrons. The molecule has 0 bridgehead atoms. The highest BCUT2D eigenvalue weighted by Crippen LogP contribution is 2.31. The quantitative estimate of drug-likeness (QED) is 0.530. The zero-order chi connectivity index (χ0) is 22.1. The summed E-state index contributed by atoms with van der Waals surface area (Å²) >= 11 is 0. The lowest BCUT2D eigenvalue weighted by molar-refractivity contribution is -0.145. The fourth-order valence-electron chi connectivity index (χ4n) is 3.09. The third kappa shape index (κ3) is 6.89. The molecule has 0 heterocycles. The number of aryl methyl sites for hydroxylation is 1. The first kappa shape index (κ1) is 21.9. The van der Waals surface area contributed by atoms with Gasteiger partial charge in [0.1, 0.15) is 12.3 Å². The average molecular weight is 419 g/mol.